The van der Waals surface area contributed by atoms with Crippen molar-refractivity contribution in [3.63, 3.8) is 0 Å². The molecule has 0 bridgehead atoms. The molecule has 3 nitrogen and oxygen atoms in total. The van der Waals surface area contributed by atoms with Gasteiger partial charge in [0.2, 0.25) is 0 Å². The van der Waals surface area contributed by atoms with Crippen molar-refractivity contribution in [1.29, 1.82) is 0 Å². The smallest absolute Gasteiger partial charge is 0.453 e. The van der Waals surface area contributed by atoms with E-state index in [1.54, 1.807) is 0 Å². The lowest BCUT2D eigenvalue weighted by Gasteiger charge is -2.62. The minimum absolute atomic E-state index is 0.0660. The summed E-state index contributed by atoms with van der Waals surface area (Å²) in [6.07, 6.45) is 11.9. The van der Waals surface area contributed by atoms with E-state index in [0.29, 0.717) is 47.5 Å². The topological polar surface area (TPSA) is 60.4 Å². The number of rotatable bonds is 16. The number of unbranched alkanes of at least 4 members (excludes halogenated alkanes) is 8. The molecule has 1 N–H and O–H groups in total. The molecule has 0 amide bonds. The molecular formula is C35H57F5O3S. The summed E-state index contributed by atoms with van der Waals surface area (Å²) in [4.78, 5) is 12.5. The van der Waals surface area contributed by atoms with Crippen LogP contribution in [0.1, 0.15) is 142 Å². The highest BCUT2D eigenvalue weighted by Crippen LogP contribution is 2.67. The van der Waals surface area contributed by atoms with Crippen molar-refractivity contribution < 1.29 is 36.4 Å². The van der Waals surface area contributed by atoms with Gasteiger partial charge in [-0.15, -0.1) is 0 Å². The summed E-state index contributed by atoms with van der Waals surface area (Å²) in [6.45, 7) is 4.85. The van der Waals surface area contributed by atoms with Crippen LogP contribution in [0.25, 0.3) is 0 Å². The van der Waals surface area contributed by atoms with Gasteiger partial charge in [0.05, 0.1) is 6.10 Å². The van der Waals surface area contributed by atoms with Crippen LogP contribution in [-0.4, -0.2) is 45.2 Å². The molecule has 0 aromatic carbocycles. The number of carbonyl (C=O) groups excluding carboxylic acids is 1. The molecule has 4 aliphatic rings. The Kier molecular flexibility index (Phi) is 12.6. The summed E-state index contributed by atoms with van der Waals surface area (Å²) >= 11 is -1.34. The number of hydrogen-bond acceptors (Lipinski definition) is 3. The van der Waals surface area contributed by atoms with Crippen molar-refractivity contribution in [1.82, 2.24) is 0 Å². The first kappa shape index (κ1) is 36.4. The zero-order chi connectivity index (χ0) is 32.2. The molecule has 1 unspecified atom stereocenters. The van der Waals surface area contributed by atoms with Crippen LogP contribution in [0.4, 0.5) is 22.0 Å². The maximum Gasteiger partial charge on any atom is 0.453 e. The minimum atomic E-state index is -5.54. The maximum absolute atomic E-state index is 13.0. The molecule has 9 atom stereocenters. The molecule has 4 saturated carbocycles. The number of carbonyl (C=O) groups is 1. The third kappa shape index (κ3) is 8.35. The Hall–Kier alpha value is -0.410. The van der Waals surface area contributed by atoms with Gasteiger partial charge in [-0.1, -0.05) is 76.4 Å². The van der Waals surface area contributed by atoms with Gasteiger partial charge >= 0.3 is 12.1 Å². The third-order valence-corrected chi connectivity index (χ3v) is 14.3. The maximum atomic E-state index is 13.0. The Bertz CT molecular complexity index is 931. The Morgan fingerprint density at radius 1 is 0.818 bits per heavy atom. The van der Waals surface area contributed by atoms with E-state index in [1.165, 1.54) is 44.9 Å². The second-order valence-corrected chi connectivity index (χ2v) is 17.2. The molecule has 0 radical (unpaired) electrons. The Morgan fingerprint density at radius 2 is 1.41 bits per heavy atom. The summed E-state index contributed by atoms with van der Waals surface area (Å²) in [5.41, 5.74) is 0.351. The number of ketones is 1. The molecule has 0 aromatic heterocycles. The van der Waals surface area contributed by atoms with Gasteiger partial charge in [-0.3, -0.25) is 4.79 Å². The van der Waals surface area contributed by atoms with Crippen LogP contribution in [0.5, 0.6) is 0 Å². The Labute approximate surface area is 265 Å². The van der Waals surface area contributed by atoms with E-state index in [1.807, 2.05) is 0 Å². The second-order valence-electron chi connectivity index (χ2n) is 15.5. The molecule has 4 aliphatic carbocycles. The number of aliphatic hydroxyl groups excluding tert-OH is 1. The number of halogens is 5. The van der Waals surface area contributed by atoms with Gasteiger partial charge < -0.3 is 9.66 Å². The van der Waals surface area contributed by atoms with Crippen molar-refractivity contribution in [2.75, 3.05) is 11.5 Å². The van der Waals surface area contributed by atoms with Crippen molar-refractivity contribution >= 4 is 17.0 Å². The monoisotopic (exact) mass is 652 g/mol. The van der Waals surface area contributed by atoms with Gasteiger partial charge in [0, 0.05) is 19.3 Å². The predicted octanol–water partition coefficient (Wildman–Crippen LogP) is 9.81. The Morgan fingerprint density at radius 3 is 2.07 bits per heavy atom. The number of aliphatic hydroxyl groups is 1. The van der Waals surface area contributed by atoms with Gasteiger partial charge in [-0.05, 0) is 98.2 Å². The van der Waals surface area contributed by atoms with Crippen LogP contribution in [-0.2, 0) is 16.0 Å². The molecule has 4 rings (SSSR count). The van der Waals surface area contributed by atoms with Gasteiger partial charge in [-0.2, -0.15) is 22.0 Å². The average molecular weight is 653 g/mol. The zero-order valence-corrected chi connectivity index (χ0v) is 27.9. The molecule has 0 aliphatic heterocycles. The molecule has 0 saturated heterocycles. The molecule has 44 heavy (non-hydrogen) atoms. The SMILES string of the molecule is C[C@]12CCC(=O)C[C@@H]1C[C@H](CCCCCCCCCCC[S+]([O-])CCCC(F)(F)C(F)(F)F)[C@@H]1[C@@H]2CC[C@]2(C)[C@@H](O)CC[C@@H]12. The van der Waals surface area contributed by atoms with E-state index in [2.05, 4.69) is 13.8 Å². The predicted molar refractivity (Wildman–Crippen MR) is 166 cm³/mol. The minimum Gasteiger partial charge on any atom is -0.616 e. The van der Waals surface area contributed by atoms with E-state index in [9.17, 15) is 36.4 Å². The van der Waals surface area contributed by atoms with Crippen LogP contribution < -0.4 is 0 Å². The van der Waals surface area contributed by atoms with Crippen molar-refractivity contribution in [2.45, 2.75) is 160 Å². The molecule has 4 fully saturated rings. The average Bonchev–Trinajstić information content (AvgIpc) is 3.25. The first-order valence-electron chi connectivity index (χ1n) is 17.7. The number of fused-ring (bicyclic) bond motifs is 5. The van der Waals surface area contributed by atoms with E-state index in [0.717, 1.165) is 64.2 Å². The molecule has 0 aromatic rings. The number of Topliss-reactive ketones (excluding diaryl/α,β-unsaturated/α-hetero) is 1. The second kappa shape index (κ2) is 15.2. The Balaban J connectivity index is 1.10. The summed E-state index contributed by atoms with van der Waals surface area (Å²) in [5, 5.41) is 10.9. The largest absolute Gasteiger partial charge is 0.616 e. The lowest BCUT2D eigenvalue weighted by Crippen LogP contribution is -2.57. The first-order chi connectivity index (χ1) is 20.7. The van der Waals surface area contributed by atoms with Crippen molar-refractivity contribution in [2.24, 2.45) is 40.4 Å². The third-order valence-electron chi connectivity index (χ3n) is 12.8. The summed E-state index contributed by atoms with van der Waals surface area (Å²) < 4.78 is 74.5. The fourth-order valence-corrected chi connectivity index (χ4v) is 11.3. The zero-order valence-electron chi connectivity index (χ0n) is 27.1. The fourth-order valence-electron chi connectivity index (χ4n) is 10.1. The van der Waals surface area contributed by atoms with Gasteiger partial charge in [0.25, 0.3) is 0 Å². The van der Waals surface area contributed by atoms with Crippen LogP contribution in [0.15, 0.2) is 0 Å². The summed E-state index contributed by atoms with van der Waals surface area (Å²) in [7, 11) is 0. The van der Waals surface area contributed by atoms with Gasteiger partial charge in [0.1, 0.15) is 17.3 Å². The van der Waals surface area contributed by atoms with Crippen LogP contribution in [0.2, 0.25) is 0 Å². The van der Waals surface area contributed by atoms with E-state index in [-0.39, 0.29) is 29.1 Å². The van der Waals surface area contributed by atoms with E-state index < -0.39 is 29.7 Å². The van der Waals surface area contributed by atoms with E-state index in [4.69, 9.17) is 0 Å². The van der Waals surface area contributed by atoms with Crippen LogP contribution >= 0.6 is 0 Å². The van der Waals surface area contributed by atoms with Gasteiger partial charge in [-0.25, -0.2) is 0 Å². The lowest BCUT2D eigenvalue weighted by atomic mass is 9.42. The highest BCUT2D eigenvalue weighted by atomic mass is 32.2. The fraction of sp³-hybridized carbons (Fsp3) is 0.971. The highest BCUT2D eigenvalue weighted by molar-refractivity contribution is 7.91. The first-order valence-corrected chi connectivity index (χ1v) is 19.2. The van der Waals surface area contributed by atoms with E-state index >= 15 is 0 Å². The molecule has 9 heteroatoms. The summed E-state index contributed by atoms with van der Waals surface area (Å²) in [5.74, 6) is -0.772. The van der Waals surface area contributed by atoms with Crippen molar-refractivity contribution in [3.05, 3.63) is 0 Å². The summed E-state index contributed by atoms with van der Waals surface area (Å²) in [6, 6.07) is 0. The normalized spacial score (nSPS) is 36.5. The molecule has 256 valence electrons. The standard InChI is InChI=1S/C35H57F5O3S/c1-32-19-16-27(41)24-26(32)23-25(31-28-14-15-30(42)33(28,2)20-17-29(31)32)13-10-8-6-4-3-5-7-9-11-21-44(43)22-12-18-34(36,37)35(38,39)40/h25-26,28-31,42H,3-24H2,1-2H3/t25-,26-,28-,29-,30-,31-,32-,33-,44?/m0/s1. The lowest BCUT2D eigenvalue weighted by molar-refractivity contribution is -0.284. The molecular weight excluding hydrogens is 595 g/mol. The molecule has 0 heterocycles. The quantitative estimate of drug-likeness (QED) is 0.103. The highest BCUT2D eigenvalue weighted by Gasteiger charge is 2.62. The van der Waals surface area contributed by atoms with Crippen molar-refractivity contribution in [3.8, 4) is 0 Å². The van der Waals surface area contributed by atoms with Gasteiger partial charge in [0.15, 0.2) is 0 Å². The van der Waals surface area contributed by atoms with Crippen LogP contribution in [0, 0.1) is 40.4 Å². The molecule has 0 spiro atoms. The number of hydrogen-bond donors (Lipinski definition) is 1. The number of alkyl halides is 5. The van der Waals surface area contributed by atoms with Crippen LogP contribution in [0.3, 0.4) is 0 Å².